The minimum absolute atomic E-state index is 0.0746. The Balaban J connectivity index is 1.52. The Morgan fingerprint density at radius 1 is 1.04 bits per heavy atom. The first kappa shape index (κ1) is 33.8. The predicted octanol–water partition coefficient (Wildman–Crippen LogP) is 6.01. The van der Waals surface area contributed by atoms with Crippen LogP contribution in [0, 0.1) is 0 Å². The normalized spacial score (nSPS) is 14.3. The van der Waals surface area contributed by atoms with Crippen LogP contribution >= 0.6 is 23.4 Å². The molecule has 3 aromatic rings. The third kappa shape index (κ3) is 9.46. The fourth-order valence-electron chi connectivity index (χ4n) is 4.62. The molecule has 5 N–H and O–H groups in total. The van der Waals surface area contributed by atoms with Gasteiger partial charge in [0.1, 0.15) is 6.04 Å². The molecule has 238 valence electrons. The van der Waals surface area contributed by atoms with Crippen molar-refractivity contribution in [3.05, 3.63) is 93.5 Å². The Morgan fingerprint density at radius 2 is 1.80 bits per heavy atom. The molecule has 14 heteroatoms. The summed E-state index contributed by atoms with van der Waals surface area (Å²) in [5, 5.41) is 15.1. The van der Waals surface area contributed by atoms with Crippen LogP contribution in [0.5, 0.6) is 0 Å². The molecule has 0 radical (unpaired) electrons. The van der Waals surface area contributed by atoms with Crippen LogP contribution in [0.2, 0.25) is 5.02 Å². The number of aliphatic carboxylic acids is 1. The maximum Gasteiger partial charge on any atom is 0.417 e. The minimum Gasteiger partial charge on any atom is -0.480 e. The zero-order valence-corrected chi connectivity index (χ0v) is 25.5. The lowest BCUT2D eigenvalue weighted by Gasteiger charge is -2.29. The highest BCUT2D eigenvalue weighted by atomic mass is 35.5. The number of nitrogens with one attached hydrogen (secondary N) is 2. The lowest BCUT2D eigenvalue weighted by Crippen LogP contribution is -2.32. The molecule has 1 heterocycles. The van der Waals surface area contributed by atoms with Crippen LogP contribution in [-0.2, 0) is 16.7 Å². The average molecular weight is 662 g/mol. The number of amides is 2. The van der Waals surface area contributed by atoms with Crippen LogP contribution in [-0.4, -0.2) is 54.0 Å². The third-order valence-corrected chi connectivity index (χ3v) is 8.43. The van der Waals surface area contributed by atoms with E-state index in [2.05, 4.69) is 20.7 Å². The van der Waals surface area contributed by atoms with Crippen LogP contribution < -0.4 is 21.4 Å². The number of carboxylic acid groups (broad SMARTS) is 1. The zero-order valence-electron chi connectivity index (χ0n) is 23.9. The highest BCUT2D eigenvalue weighted by molar-refractivity contribution is 7.98. The van der Waals surface area contributed by atoms with E-state index in [4.69, 9.17) is 22.4 Å². The van der Waals surface area contributed by atoms with Gasteiger partial charge >= 0.3 is 12.1 Å². The van der Waals surface area contributed by atoms with E-state index in [0.717, 1.165) is 62.0 Å². The van der Waals surface area contributed by atoms with Crippen LogP contribution in [0.1, 0.15) is 56.7 Å². The molecule has 0 unspecified atom stereocenters. The lowest BCUT2D eigenvalue weighted by molar-refractivity contribution is -0.138. The van der Waals surface area contributed by atoms with Gasteiger partial charge in [-0.25, -0.2) is 5.43 Å². The first-order valence-electron chi connectivity index (χ1n) is 14.0. The Bertz CT molecular complexity index is 1580. The summed E-state index contributed by atoms with van der Waals surface area (Å²) in [7, 11) is 0. The Hall–Kier alpha value is -4.07. The summed E-state index contributed by atoms with van der Waals surface area (Å²) in [5.41, 5.74) is 9.17. The van der Waals surface area contributed by atoms with Crippen LogP contribution in [0.3, 0.4) is 0 Å². The number of anilines is 2. The number of carboxylic acids is 1. The summed E-state index contributed by atoms with van der Waals surface area (Å²) in [6, 6.07) is 14.1. The number of halogens is 4. The molecule has 1 saturated heterocycles. The zero-order chi connectivity index (χ0) is 32.6. The molecule has 1 atom stereocenters. The van der Waals surface area contributed by atoms with Crippen molar-refractivity contribution in [2.24, 2.45) is 10.8 Å². The number of hydrogen-bond acceptors (Lipinski definition) is 7. The molecule has 1 aliphatic heterocycles. The number of alkyl halides is 3. The number of piperidine rings is 1. The number of carbonyl (C=O) groups is 3. The largest absolute Gasteiger partial charge is 0.480 e. The Morgan fingerprint density at radius 3 is 2.51 bits per heavy atom. The molecule has 9 nitrogen and oxygen atoms in total. The van der Waals surface area contributed by atoms with Crippen molar-refractivity contribution in [2.75, 3.05) is 29.1 Å². The molecular weight excluding hydrogens is 631 g/mol. The summed E-state index contributed by atoms with van der Waals surface area (Å²) in [6.45, 7) is 1.62. The Kier molecular flexibility index (Phi) is 11.5. The standard InChI is InChI=1S/C31H31ClF3N5O4S/c32-25-9-7-19(14-24(25)31(33,34)35)16-37-39-29(42)23-15-22(40-11-2-1-3-12-40)8-10-27(23)38-28(41)21-6-4-5-20(13-21)17-45-18-26(36)30(43)44/h4-10,13-16,26H,1-3,11-12,17-18,36H2,(H,38,41)(H,39,42)(H,43,44)/b37-16+/t26-/m0/s1. The lowest BCUT2D eigenvalue weighted by atomic mass is 10.1. The first-order valence-corrected chi connectivity index (χ1v) is 15.5. The maximum atomic E-state index is 13.3. The van der Waals surface area contributed by atoms with Gasteiger partial charge in [-0.1, -0.05) is 29.8 Å². The maximum absolute atomic E-state index is 13.3. The molecule has 2 amide bonds. The third-order valence-electron chi connectivity index (χ3n) is 6.97. The highest BCUT2D eigenvalue weighted by Gasteiger charge is 2.33. The molecule has 0 saturated carbocycles. The van der Waals surface area contributed by atoms with Crippen LogP contribution in [0.25, 0.3) is 0 Å². The van der Waals surface area contributed by atoms with Crippen molar-refractivity contribution < 1.29 is 32.7 Å². The summed E-state index contributed by atoms with van der Waals surface area (Å²) < 4.78 is 39.7. The van der Waals surface area contributed by atoms with E-state index in [1.54, 1.807) is 36.4 Å². The number of carbonyl (C=O) groups excluding carboxylic acids is 2. The van der Waals surface area contributed by atoms with Gasteiger partial charge in [-0.15, -0.1) is 0 Å². The van der Waals surface area contributed by atoms with Gasteiger partial charge in [0.15, 0.2) is 0 Å². The molecular formula is C31H31ClF3N5O4S. The van der Waals surface area contributed by atoms with Crippen molar-refractivity contribution in [3.8, 4) is 0 Å². The van der Waals surface area contributed by atoms with Gasteiger partial charge in [0, 0.05) is 35.8 Å². The van der Waals surface area contributed by atoms with E-state index >= 15 is 0 Å². The minimum atomic E-state index is -4.65. The van der Waals surface area contributed by atoms with E-state index in [0.29, 0.717) is 11.3 Å². The smallest absolute Gasteiger partial charge is 0.417 e. The van der Waals surface area contributed by atoms with Crippen molar-refractivity contribution >= 4 is 58.7 Å². The van der Waals surface area contributed by atoms with Crippen LogP contribution in [0.15, 0.2) is 65.8 Å². The fraction of sp³-hybridized carbons (Fsp3) is 0.290. The second-order valence-electron chi connectivity index (χ2n) is 10.3. The van der Waals surface area contributed by atoms with Gasteiger partial charge in [0.05, 0.1) is 28.1 Å². The second-order valence-corrected chi connectivity index (χ2v) is 11.8. The van der Waals surface area contributed by atoms with Gasteiger partial charge < -0.3 is 21.1 Å². The number of hydrazone groups is 1. The molecule has 0 spiro atoms. The van der Waals surface area contributed by atoms with Crippen molar-refractivity contribution in [2.45, 2.75) is 37.2 Å². The summed E-state index contributed by atoms with van der Waals surface area (Å²) in [6.07, 6.45) is -0.469. The molecule has 1 fully saturated rings. The highest BCUT2D eigenvalue weighted by Crippen LogP contribution is 2.35. The number of nitrogens with zero attached hydrogens (tertiary/aromatic N) is 2. The van der Waals surface area contributed by atoms with Crippen molar-refractivity contribution in [1.29, 1.82) is 0 Å². The van der Waals surface area contributed by atoms with Gasteiger partial charge in [0.25, 0.3) is 11.8 Å². The average Bonchev–Trinajstić information content (AvgIpc) is 3.02. The number of benzene rings is 3. The molecule has 0 aromatic heterocycles. The SMILES string of the molecule is N[C@@H](CSCc1cccc(C(=O)Nc2ccc(N3CCCCC3)cc2C(=O)N/N=C/c2ccc(Cl)c(C(F)(F)F)c2)c1)C(=O)O. The molecule has 45 heavy (non-hydrogen) atoms. The molecule has 1 aliphatic rings. The number of thioether (sulfide) groups is 1. The monoisotopic (exact) mass is 661 g/mol. The summed E-state index contributed by atoms with van der Waals surface area (Å²) >= 11 is 7.01. The van der Waals surface area contributed by atoms with Crippen molar-refractivity contribution in [1.82, 2.24) is 5.43 Å². The van der Waals surface area contributed by atoms with E-state index in [1.165, 1.54) is 17.8 Å². The molecule has 3 aromatic carbocycles. The molecule has 4 rings (SSSR count). The summed E-state index contributed by atoms with van der Waals surface area (Å²) in [5.74, 6) is -1.60. The first-order chi connectivity index (χ1) is 21.4. The topological polar surface area (TPSA) is 137 Å². The quantitative estimate of drug-likeness (QED) is 0.146. The van der Waals surface area contributed by atoms with Gasteiger partial charge in [-0.3, -0.25) is 14.4 Å². The number of nitrogens with two attached hydrogens (primary N) is 1. The number of rotatable bonds is 11. The predicted molar refractivity (Wildman–Crippen MR) is 170 cm³/mol. The van der Waals surface area contributed by atoms with E-state index in [1.807, 2.05) is 6.07 Å². The second kappa shape index (κ2) is 15.3. The fourth-order valence-corrected chi connectivity index (χ4v) is 5.77. The Labute approximate surface area is 267 Å². The molecule has 0 bridgehead atoms. The van der Waals surface area contributed by atoms with Crippen LogP contribution in [0.4, 0.5) is 24.5 Å². The van der Waals surface area contributed by atoms with E-state index in [9.17, 15) is 27.6 Å². The van der Waals surface area contributed by atoms with E-state index < -0.39 is 40.6 Å². The van der Waals surface area contributed by atoms with E-state index in [-0.39, 0.29) is 22.6 Å². The molecule has 0 aliphatic carbocycles. The van der Waals surface area contributed by atoms with Gasteiger partial charge in [-0.05, 0) is 72.9 Å². The summed E-state index contributed by atoms with van der Waals surface area (Å²) in [4.78, 5) is 39.7. The number of hydrogen-bond donors (Lipinski definition) is 4. The van der Waals surface area contributed by atoms with Crippen molar-refractivity contribution in [3.63, 3.8) is 0 Å². The van der Waals surface area contributed by atoms with Gasteiger partial charge in [-0.2, -0.15) is 30.0 Å². The van der Waals surface area contributed by atoms with Gasteiger partial charge in [0.2, 0.25) is 0 Å².